The molecule has 0 aliphatic rings. The zero-order valence-corrected chi connectivity index (χ0v) is 11.4. The van der Waals surface area contributed by atoms with Gasteiger partial charge in [-0.15, -0.1) is 0 Å². The monoisotopic (exact) mass is 269 g/mol. The van der Waals surface area contributed by atoms with E-state index in [1.165, 1.54) is 0 Å². The molecule has 0 aliphatic carbocycles. The van der Waals surface area contributed by atoms with Gasteiger partial charge in [0.1, 0.15) is 0 Å². The first-order valence-corrected chi connectivity index (χ1v) is 6.08. The largest absolute Gasteiger partial charge is 0.323 e. The predicted molar refractivity (Wildman–Crippen MR) is 74.9 cm³/mol. The van der Waals surface area contributed by atoms with Crippen LogP contribution in [0.25, 0.3) is 0 Å². The molecular formula is C14H15N5O. The fourth-order valence-corrected chi connectivity index (χ4v) is 1.75. The van der Waals surface area contributed by atoms with Crippen molar-refractivity contribution < 1.29 is 4.79 Å². The summed E-state index contributed by atoms with van der Waals surface area (Å²) < 4.78 is 1.70. The molecule has 102 valence electrons. The molecule has 0 aliphatic heterocycles. The molecule has 0 fully saturated rings. The number of carbonyl (C=O) groups is 1. The van der Waals surface area contributed by atoms with Crippen LogP contribution in [0.3, 0.4) is 0 Å². The minimum atomic E-state index is -0.210. The quantitative estimate of drug-likeness (QED) is 0.925. The number of benzene rings is 1. The molecule has 1 aromatic heterocycles. The lowest BCUT2D eigenvalue weighted by molar-refractivity contribution is 0.220. The average Bonchev–Trinajstić information content (AvgIpc) is 2.85. The minimum absolute atomic E-state index is 0.210. The lowest BCUT2D eigenvalue weighted by atomic mass is 10.2. The molecule has 1 N–H and O–H groups in total. The zero-order chi connectivity index (χ0) is 14.5. The second kappa shape index (κ2) is 5.89. The van der Waals surface area contributed by atoms with Crippen molar-refractivity contribution in [2.45, 2.75) is 6.54 Å². The van der Waals surface area contributed by atoms with Crippen LogP contribution in [0, 0.1) is 11.3 Å². The van der Waals surface area contributed by atoms with Crippen molar-refractivity contribution in [1.82, 2.24) is 14.7 Å². The normalized spacial score (nSPS) is 9.85. The number of rotatable bonds is 3. The van der Waals surface area contributed by atoms with Crippen molar-refractivity contribution >= 4 is 11.7 Å². The fourth-order valence-electron chi connectivity index (χ4n) is 1.75. The van der Waals surface area contributed by atoms with Gasteiger partial charge < -0.3 is 10.2 Å². The summed E-state index contributed by atoms with van der Waals surface area (Å²) in [6, 6.07) is 8.56. The number of aromatic nitrogens is 2. The van der Waals surface area contributed by atoms with Crippen molar-refractivity contribution in [2.24, 2.45) is 7.05 Å². The van der Waals surface area contributed by atoms with Crippen LogP contribution in [0.4, 0.5) is 10.5 Å². The zero-order valence-electron chi connectivity index (χ0n) is 11.4. The van der Waals surface area contributed by atoms with Gasteiger partial charge in [-0.3, -0.25) is 4.68 Å². The molecular weight excluding hydrogens is 254 g/mol. The molecule has 2 rings (SSSR count). The second-order valence-electron chi connectivity index (χ2n) is 4.50. The molecule has 1 aromatic carbocycles. The van der Waals surface area contributed by atoms with Gasteiger partial charge in [0, 0.05) is 31.5 Å². The predicted octanol–water partition coefficient (Wildman–Crippen LogP) is 1.96. The van der Waals surface area contributed by atoms with Crippen molar-refractivity contribution in [3.8, 4) is 6.07 Å². The first-order valence-electron chi connectivity index (χ1n) is 6.08. The summed E-state index contributed by atoms with van der Waals surface area (Å²) in [4.78, 5) is 13.6. The van der Waals surface area contributed by atoms with Gasteiger partial charge in [-0.1, -0.05) is 0 Å². The van der Waals surface area contributed by atoms with E-state index in [9.17, 15) is 4.79 Å². The molecule has 0 unspecified atom stereocenters. The number of carbonyl (C=O) groups excluding carboxylic acids is 1. The SMILES string of the molecule is CN(Cc1cnn(C)c1)C(=O)Nc1ccc(C#N)cc1. The fraction of sp³-hybridized carbons (Fsp3) is 0.214. The van der Waals surface area contributed by atoms with Gasteiger partial charge in [-0.05, 0) is 24.3 Å². The summed E-state index contributed by atoms with van der Waals surface area (Å²) in [5.74, 6) is 0. The van der Waals surface area contributed by atoms with Crippen LogP contribution in [-0.2, 0) is 13.6 Å². The number of aryl methyl sites for hydroxylation is 1. The standard InChI is InChI=1S/C14H15N5O/c1-18(9-12-8-16-19(2)10-12)14(20)17-13-5-3-11(7-15)4-6-13/h3-6,8,10H,9H2,1-2H3,(H,17,20). The Balaban J connectivity index is 1.95. The minimum Gasteiger partial charge on any atom is -0.323 e. The van der Waals surface area contributed by atoms with E-state index >= 15 is 0 Å². The molecule has 6 nitrogen and oxygen atoms in total. The lowest BCUT2D eigenvalue weighted by Crippen LogP contribution is -2.30. The van der Waals surface area contributed by atoms with Gasteiger partial charge in [-0.2, -0.15) is 10.4 Å². The topological polar surface area (TPSA) is 74.0 Å². The van der Waals surface area contributed by atoms with Crippen molar-refractivity contribution in [2.75, 3.05) is 12.4 Å². The summed E-state index contributed by atoms with van der Waals surface area (Å²) in [6.45, 7) is 0.482. The maximum absolute atomic E-state index is 12.0. The first-order chi connectivity index (χ1) is 9.58. The van der Waals surface area contributed by atoms with Crippen LogP contribution in [0.5, 0.6) is 0 Å². The molecule has 2 amide bonds. The van der Waals surface area contributed by atoms with Crippen LogP contribution in [-0.4, -0.2) is 27.8 Å². The Kier molecular flexibility index (Phi) is 4.01. The van der Waals surface area contributed by atoms with Gasteiger partial charge in [-0.25, -0.2) is 4.79 Å². The molecule has 6 heteroatoms. The van der Waals surface area contributed by atoms with E-state index in [1.807, 2.05) is 19.3 Å². The Morgan fingerprint density at radius 3 is 2.70 bits per heavy atom. The van der Waals surface area contributed by atoms with Crippen LogP contribution in [0.1, 0.15) is 11.1 Å². The summed E-state index contributed by atoms with van der Waals surface area (Å²) in [5, 5.41) is 15.5. The smallest absolute Gasteiger partial charge is 0.321 e. The van der Waals surface area contributed by atoms with Gasteiger partial charge in [0.05, 0.1) is 24.4 Å². The molecule has 0 radical (unpaired) electrons. The molecule has 2 aromatic rings. The summed E-state index contributed by atoms with van der Waals surface area (Å²) >= 11 is 0. The van der Waals surface area contributed by atoms with Crippen molar-refractivity contribution in [3.63, 3.8) is 0 Å². The highest BCUT2D eigenvalue weighted by Crippen LogP contribution is 2.10. The highest BCUT2D eigenvalue weighted by molar-refractivity contribution is 5.89. The molecule has 20 heavy (non-hydrogen) atoms. The Bertz CT molecular complexity index is 638. The Morgan fingerprint density at radius 2 is 2.15 bits per heavy atom. The van der Waals surface area contributed by atoms with E-state index < -0.39 is 0 Å². The van der Waals surface area contributed by atoms with Crippen LogP contribution < -0.4 is 5.32 Å². The van der Waals surface area contributed by atoms with Gasteiger partial charge >= 0.3 is 6.03 Å². The van der Waals surface area contributed by atoms with E-state index in [2.05, 4.69) is 10.4 Å². The number of urea groups is 1. The first kappa shape index (κ1) is 13.6. The van der Waals surface area contributed by atoms with Crippen LogP contribution in [0.15, 0.2) is 36.7 Å². The number of nitrogens with zero attached hydrogens (tertiary/aromatic N) is 4. The third-order valence-electron chi connectivity index (χ3n) is 2.79. The number of nitriles is 1. The maximum atomic E-state index is 12.0. The van der Waals surface area contributed by atoms with Gasteiger partial charge in [0.25, 0.3) is 0 Å². The third kappa shape index (κ3) is 3.36. The van der Waals surface area contributed by atoms with Crippen LogP contribution in [0.2, 0.25) is 0 Å². The van der Waals surface area contributed by atoms with E-state index in [0.717, 1.165) is 5.56 Å². The van der Waals surface area contributed by atoms with E-state index in [-0.39, 0.29) is 6.03 Å². The Hall–Kier alpha value is -2.81. The van der Waals surface area contributed by atoms with Gasteiger partial charge in [0.2, 0.25) is 0 Å². The molecule has 0 bridgehead atoms. The highest BCUT2D eigenvalue weighted by atomic mass is 16.2. The van der Waals surface area contributed by atoms with Crippen LogP contribution >= 0.6 is 0 Å². The van der Waals surface area contributed by atoms with Gasteiger partial charge in [0.15, 0.2) is 0 Å². The molecule has 1 heterocycles. The number of hydrogen-bond acceptors (Lipinski definition) is 3. The Morgan fingerprint density at radius 1 is 1.45 bits per heavy atom. The highest BCUT2D eigenvalue weighted by Gasteiger charge is 2.10. The average molecular weight is 269 g/mol. The third-order valence-corrected chi connectivity index (χ3v) is 2.79. The summed E-state index contributed by atoms with van der Waals surface area (Å²) in [6.07, 6.45) is 3.59. The van der Waals surface area contributed by atoms with Crippen molar-refractivity contribution in [1.29, 1.82) is 5.26 Å². The van der Waals surface area contributed by atoms with E-state index in [1.54, 1.807) is 47.1 Å². The lowest BCUT2D eigenvalue weighted by Gasteiger charge is -2.17. The molecule has 0 atom stereocenters. The molecule has 0 spiro atoms. The number of nitrogens with one attached hydrogen (secondary N) is 1. The molecule has 0 saturated carbocycles. The number of anilines is 1. The molecule has 0 saturated heterocycles. The Labute approximate surface area is 117 Å². The summed E-state index contributed by atoms with van der Waals surface area (Å²) in [5.41, 5.74) is 2.18. The number of hydrogen-bond donors (Lipinski definition) is 1. The van der Waals surface area contributed by atoms with Crippen molar-refractivity contribution in [3.05, 3.63) is 47.8 Å². The van der Waals surface area contributed by atoms with E-state index in [0.29, 0.717) is 17.8 Å². The number of amides is 2. The van der Waals surface area contributed by atoms with E-state index in [4.69, 9.17) is 5.26 Å². The maximum Gasteiger partial charge on any atom is 0.321 e. The summed E-state index contributed by atoms with van der Waals surface area (Å²) in [7, 11) is 3.55. The second-order valence-corrected chi connectivity index (χ2v) is 4.50.